The second-order valence-corrected chi connectivity index (χ2v) is 4.58. The molecule has 0 atom stereocenters. The van der Waals surface area contributed by atoms with Gasteiger partial charge in [-0.2, -0.15) is 0 Å². The third kappa shape index (κ3) is 4.66. The van der Waals surface area contributed by atoms with Gasteiger partial charge in [0.2, 0.25) is 0 Å². The van der Waals surface area contributed by atoms with Gasteiger partial charge in [-0.05, 0) is 37.5 Å². The Morgan fingerprint density at radius 1 is 1.28 bits per heavy atom. The van der Waals surface area contributed by atoms with Crippen LogP contribution in [0.1, 0.15) is 39.2 Å². The Kier molecular flexibility index (Phi) is 6.06. The highest BCUT2D eigenvalue weighted by Gasteiger charge is 2.04. The normalized spacial score (nSPS) is 13.1. The van der Waals surface area contributed by atoms with Crippen molar-refractivity contribution in [3.05, 3.63) is 42.0 Å². The molecule has 0 amide bonds. The van der Waals surface area contributed by atoms with Crippen LogP contribution in [0.25, 0.3) is 0 Å². The van der Waals surface area contributed by atoms with Gasteiger partial charge in [-0.15, -0.1) is 0 Å². The number of hydrogen-bond acceptors (Lipinski definition) is 2. The topological polar surface area (TPSA) is 24.7 Å². The average Bonchev–Trinajstić information content (AvgIpc) is 2.35. The number of nitrogens with zero attached hydrogens (tertiary/aromatic N) is 2. The Morgan fingerprint density at radius 3 is 2.67 bits per heavy atom. The molecular formula is C16H22N2. The maximum absolute atomic E-state index is 4.66. The summed E-state index contributed by atoms with van der Waals surface area (Å²) in [7, 11) is 0. The Hall–Kier alpha value is -1.70. The summed E-state index contributed by atoms with van der Waals surface area (Å²) in [6, 6.07) is 8.29. The first-order valence-electron chi connectivity index (χ1n) is 6.39. The summed E-state index contributed by atoms with van der Waals surface area (Å²) in [5, 5.41) is 0. The molecule has 18 heavy (non-hydrogen) atoms. The van der Waals surface area contributed by atoms with E-state index in [1.54, 1.807) is 0 Å². The monoisotopic (exact) mass is 242 g/mol. The van der Waals surface area contributed by atoms with E-state index >= 15 is 0 Å². The third-order valence-corrected chi connectivity index (χ3v) is 2.57. The number of aliphatic imine (C=N–C) groups is 2. The van der Waals surface area contributed by atoms with Crippen LogP contribution in [0.15, 0.2) is 46.4 Å². The Morgan fingerprint density at radius 2 is 2.00 bits per heavy atom. The minimum atomic E-state index is 0.490. The van der Waals surface area contributed by atoms with Gasteiger partial charge < -0.3 is 0 Å². The van der Waals surface area contributed by atoms with Gasteiger partial charge in [-0.25, -0.2) is 0 Å². The van der Waals surface area contributed by atoms with Gasteiger partial charge in [-0.1, -0.05) is 38.1 Å². The predicted octanol–water partition coefficient (Wildman–Crippen LogP) is 4.55. The van der Waals surface area contributed by atoms with Crippen molar-refractivity contribution < 1.29 is 0 Å². The highest BCUT2D eigenvalue weighted by atomic mass is 14.8. The Labute approximate surface area is 110 Å². The summed E-state index contributed by atoms with van der Waals surface area (Å²) in [6.07, 6.45) is 5.70. The summed E-state index contributed by atoms with van der Waals surface area (Å²) >= 11 is 0. The standard InChI is InChI=1S/C16H22N2/c1-5-6-11-17-12-14(4)18-16-10-8-7-9-15(16)13(2)3/h5-11,13H,12H2,1-4H3/b6-5-,17-11-,18-14+. The van der Waals surface area contributed by atoms with Crippen molar-refractivity contribution in [1.29, 1.82) is 0 Å². The van der Waals surface area contributed by atoms with Crippen molar-refractivity contribution in [2.75, 3.05) is 6.54 Å². The lowest BCUT2D eigenvalue weighted by molar-refractivity contribution is 0.867. The summed E-state index contributed by atoms with van der Waals surface area (Å²) in [5.41, 5.74) is 3.38. The van der Waals surface area contributed by atoms with Crippen LogP contribution in [0.4, 0.5) is 5.69 Å². The zero-order chi connectivity index (χ0) is 13.4. The number of allylic oxidation sites excluding steroid dienone is 2. The van der Waals surface area contributed by atoms with Crippen LogP contribution in [0, 0.1) is 0 Å². The van der Waals surface area contributed by atoms with Crippen LogP contribution in [0.2, 0.25) is 0 Å². The van der Waals surface area contributed by atoms with E-state index in [1.165, 1.54) is 5.56 Å². The van der Waals surface area contributed by atoms with Crippen molar-refractivity contribution in [2.24, 2.45) is 9.98 Å². The first-order valence-corrected chi connectivity index (χ1v) is 6.39. The van der Waals surface area contributed by atoms with Crippen molar-refractivity contribution in [1.82, 2.24) is 0 Å². The molecule has 2 nitrogen and oxygen atoms in total. The van der Waals surface area contributed by atoms with E-state index in [1.807, 2.05) is 38.3 Å². The fourth-order valence-corrected chi connectivity index (χ4v) is 1.65. The van der Waals surface area contributed by atoms with Crippen LogP contribution >= 0.6 is 0 Å². The van der Waals surface area contributed by atoms with Crippen molar-refractivity contribution in [3.8, 4) is 0 Å². The lowest BCUT2D eigenvalue weighted by Crippen LogP contribution is -1.97. The van der Waals surface area contributed by atoms with Crippen molar-refractivity contribution >= 4 is 17.6 Å². The van der Waals surface area contributed by atoms with Gasteiger partial charge in [0.25, 0.3) is 0 Å². The number of para-hydroxylation sites is 1. The fourth-order valence-electron chi connectivity index (χ4n) is 1.65. The Balaban J connectivity index is 2.82. The molecule has 0 aliphatic rings. The van der Waals surface area contributed by atoms with Gasteiger partial charge in [0.05, 0.1) is 12.2 Å². The van der Waals surface area contributed by atoms with Crippen molar-refractivity contribution in [3.63, 3.8) is 0 Å². The van der Waals surface area contributed by atoms with Gasteiger partial charge >= 0.3 is 0 Å². The van der Waals surface area contributed by atoms with Gasteiger partial charge in [0.1, 0.15) is 0 Å². The van der Waals surface area contributed by atoms with E-state index < -0.39 is 0 Å². The van der Waals surface area contributed by atoms with E-state index in [2.05, 4.69) is 42.0 Å². The van der Waals surface area contributed by atoms with Crippen LogP contribution in [0.3, 0.4) is 0 Å². The minimum absolute atomic E-state index is 0.490. The molecule has 0 radical (unpaired) electrons. The molecule has 0 saturated carbocycles. The van der Waals surface area contributed by atoms with Crippen LogP contribution in [-0.4, -0.2) is 18.5 Å². The van der Waals surface area contributed by atoms with E-state index in [4.69, 9.17) is 0 Å². The van der Waals surface area contributed by atoms with Gasteiger partial charge in [-0.3, -0.25) is 9.98 Å². The van der Waals surface area contributed by atoms with Gasteiger partial charge in [0, 0.05) is 11.9 Å². The molecule has 0 aliphatic heterocycles. The second kappa shape index (κ2) is 7.59. The molecule has 0 fully saturated rings. The molecule has 1 rings (SSSR count). The van der Waals surface area contributed by atoms with Crippen LogP contribution in [-0.2, 0) is 0 Å². The molecule has 0 N–H and O–H groups in total. The summed E-state index contributed by atoms with van der Waals surface area (Å²) in [6.45, 7) is 9.02. The fraction of sp³-hybridized carbons (Fsp3) is 0.375. The molecule has 1 aromatic rings. The maximum Gasteiger partial charge on any atom is 0.0769 e. The molecular weight excluding hydrogens is 220 g/mol. The lowest BCUT2D eigenvalue weighted by atomic mass is 10.0. The first-order chi connectivity index (χ1) is 8.65. The average molecular weight is 242 g/mol. The zero-order valence-corrected chi connectivity index (χ0v) is 11.7. The Bertz CT molecular complexity index is 454. The molecule has 0 aromatic heterocycles. The summed E-state index contributed by atoms with van der Waals surface area (Å²) < 4.78 is 0. The molecule has 0 spiro atoms. The van der Waals surface area contributed by atoms with Crippen LogP contribution in [0.5, 0.6) is 0 Å². The SMILES string of the molecule is C/C=C\C=N/C/C(C)=N/c1ccccc1C(C)C. The molecule has 2 heteroatoms. The second-order valence-electron chi connectivity index (χ2n) is 4.58. The molecule has 0 heterocycles. The highest BCUT2D eigenvalue weighted by molar-refractivity contribution is 5.88. The molecule has 0 bridgehead atoms. The van der Waals surface area contributed by atoms with Crippen LogP contribution < -0.4 is 0 Å². The number of benzene rings is 1. The molecule has 96 valence electrons. The molecule has 0 aliphatic carbocycles. The third-order valence-electron chi connectivity index (χ3n) is 2.57. The van der Waals surface area contributed by atoms with E-state index in [-0.39, 0.29) is 0 Å². The van der Waals surface area contributed by atoms with Crippen molar-refractivity contribution in [2.45, 2.75) is 33.6 Å². The largest absolute Gasteiger partial charge is 0.287 e. The van der Waals surface area contributed by atoms with E-state index in [9.17, 15) is 0 Å². The number of rotatable bonds is 5. The van der Waals surface area contributed by atoms with E-state index in [0.717, 1.165) is 11.4 Å². The smallest absolute Gasteiger partial charge is 0.0769 e. The number of hydrogen-bond donors (Lipinski definition) is 0. The van der Waals surface area contributed by atoms with E-state index in [0.29, 0.717) is 12.5 Å². The highest BCUT2D eigenvalue weighted by Crippen LogP contribution is 2.26. The lowest BCUT2D eigenvalue weighted by Gasteiger charge is -2.09. The summed E-state index contributed by atoms with van der Waals surface area (Å²) in [5.74, 6) is 0.490. The quantitative estimate of drug-likeness (QED) is 0.677. The molecule has 1 aromatic carbocycles. The maximum atomic E-state index is 4.66. The predicted molar refractivity (Wildman–Crippen MR) is 81.5 cm³/mol. The minimum Gasteiger partial charge on any atom is -0.287 e. The first kappa shape index (κ1) is 14.4. The molecule has 0 unspecified atom stereocenters. The van der Waals surface area contributed by atoms with Gasteiger partial charge in [0.15, 0.2) is 0 Å². The zero-order valence-electron chi connectivity index (χ0n) is 11.7. The molecule has 0 saturated heterocycles. The summed E-state index contributed by atoms with van der Waals surface area (Å²) in [4.78, 5) is 8.95.